The van der Waals surface area contributed by atoms with E-state index in [1.54, 1.807) is 20.8 Å². The molecule has 1 aromatic rings. The highest BCUT2D eigenvalue weighted by Crippen LogP contribution is 2.06. The number of methoxy groups -OCH3 is 5. The minimum Gasteiger partial charge on any atom is -0.384 e. The monoisotopic (exact) mass is 836 g/mol. The second kappa shape index (κ2) is 32.2. The van der Waals surface area contributed by atoms with Crippen molar-refractivity contribution in [2.45, 2.75) is 45.1 Å². The lowest BCUT2D eigenvalue weighted by Crippen LogP contribution is -2.20. The molecule has 51 heavy (non-hydrogen) atoms. The average Bonchev–Trinajstić information content (AvgIpc) is 3.05. The number of sulfone groups is 5. The van der Waals surface area contributed by atoms with E-state index in [-0.39, 0.29) is 57.9 Å². The molecule has 0 saturated carbocycles. The largest absolute Gasteiger partial charge is 0.384 e. The number of rotatable bonds is 21. The molecule has 0 amide bonds. The van der Waals surface area contributed by atoms with Gasteiger partial charge < -0.3 is 23.7 Å². The minimum absolute atomic E-state index is 0.0817. The number of hydrogen-bond acceptors (Lipinski definition) is 15. The van der Waals surface area contributed by atoms with Gasteiger partial charge in [-0.05, 0) is 25.8 Å². The van der Waals surface area contributed by atoms with E-state index in [2.05, 4.69) is 18.9 Å². The highest BCUT2D eigenvalue weighted by Gasteiger charge is 2.14. The summed E-state index contributed by atoms with van der Waals surface area (Å²) < 4.78 is 132. The Balaban J connectivity index is -0.000000275. The summed E-state index contributed by atoms with van der Waals surface area (Å²) in [5, 5.41) is -0.289. The Labute approximate surface area is 309 Å². The Morgan fingerprint density at radius 1 is 0.510 bits per heavy atom. The van der Waals surface area contributed by atoms with Gasteiger partial charge in [-0.3, -0.25) is 0 Å². The van der Waals surface area contributed by atoms with Crippen LogP contribution in [0.5, 0.6) is 0 Å². The molecule has 0 aliphatic rings. The summed E-state index contributed by atoms with van der Waals surface area (Å²) in [5.41, 5.74) is 0.823. The Kier molecular flexibility index (Phi) is 35.7. The van der Waals surface area contributed by atoms with E-state index in [0.29, 0.717) is 32.8 Å². The topological polar surface area (TPSA) is 217 Å². The maximum atomic E-state index is 11.5. The summed E-state index contributed by atoms with van der Waals surface area (Å²) in [4.78, 5) is 0. The van der Waals surface area contributed by atoms with Crippen LogP contribution in [0, 0.1) is 0 Å². The first-order valence-corrected chi connectivity index (χ1v) is 25.2. The fourth-order valence-corrected chi connectivity index (χ4v) is 7.32. The molecule has 0 radical (unpaired) electrons. The third-order valence-electron chi connectivity index (χ3n) is 5.93. The SMILES string of the molecule is CCCS(=O)(=O)CCOC.CCS(=O)(=O)CCOC.COCCS(=O)(=O)C(C)C.COCCS(=O)(=O)Cc1ccccc1.COCCS(C)(=O)=O. The summed E-state index contributed by atoms with van der Waals surface area (Å²) in [7, 11) is -6.88. The van der Waals surface area contributed by atoms with Crippen molar-refractivity contribution in [2.75, 3.05) is 115 Å². The van der Waals surface area contributed by atoms with Crippen LogP contribution < -0.4 is 0 Å². The lowest BCUT2D eigenvalue weighted by molar-refractivity contribution is 0.217. The standard InChI is InChI=1S/C10H14O3S.2C6H14O3S.C5H12O3S.C4H10O3S/c1-13-7-8-14(11,12)9-10-5-3-2-4-6-10;1-6(2)10(7,8)5-4-9-3;1-3-5-10(7,8)6-4-9-2;1-3-9(6,7)5-4-8-2;1-7-3-4-8(2,5)6/h2-6H,7-9H2,1H3;6H,4-5H2,1-3H3;3-6H2,1-2H3;3-5H2,1-2H3;3-4H2,1-2H3. The summed E-state index contributed by atoms with van der Waals surface area (Å²) in [6.45, 7) is 8.28. The Hall–Kier alpha value is -1.23. The van der Waals surface area contributed by atoms with Crippen LogP contribution in [0.4, 0.5) is 0 Å². The van der Waals surface area contributed by atoms with Gasteiger partial charge >= 0.3 is 0 Å². The van der Waals surface area contributed by atoms with E-state index < -0.39 is 49.2 Å². The van der Waals surface area contributed by atoms with E-state index in [0.717, 1.165) is 5.56 Å². The van der Waals surface area contributed by atoms with Gasteiger partial charge in [-0.15, -0.1) is 0 Å². The molecule has 0 aliphatic carbocycles. The average molecular weight is 837 g/mol. The molecule has 0 saturated heterocycles. The molecule has 0 bridgehead atoms. The zero-order valence-electron chi connectivity index (χ0n) is 32.0. The number of hydrogen-bond donors (Lipinski definition) is 0. The molecule has 0 aromatic heterocycles. The van der Waals surface area contributed by atoms with Crippen LogP contribution in [0.2, 0.25) is 0 Å². The van der Waals surface area contributed by atoms with Crippen molar-refractivity contribution >= 4 is 49.2 Å². The molecule has 0 heterocycles. The Morgan fingerprint density at radius 3 is 1.22 bits per heavy atom. The van der Waals surface area contributed by atoms with Gasteiger partial charge in [0, 0.05) is 53.3 Å². The lowest BCUT2D eigenvalue weighted by Gasteiger charge is -2.05. The summed E-state index contributed by atoms with van der Waals surface area (Å²) in [6.07, 6.45) is 1.87. The van der Waals surface area contributed by atoms with Crippen LogP contribution in [0.3, 0.4) is 0 Å². The van der Waals surface area contributed by atoms with E-state index in [9.17, 15) is 42.1 Å². The van der Waals surface area contributed by atoms with Gasteiger partial charge in [0.2, 0.25) is 0 Å². The summed E-state index contributed by atoms with van der Waals surface area (Å²) >= 11 is 0. The van der Waals surface area contributed by atoms with Gasteiger partial charge in [-0.1, -0.05) is 44.2 Å². The van der Waals surface area contributed by atoms with Gasteiger partial charge in [0.05, 0.1) is 72.8 Å². The predicted molar refractivity (Wildman–Crippen MR) is 205 cm³/mol. The van der Waals surface area contributed by atoms with Crippen molar-refractivity contribution in [1.82, 2.24) is 0 Å². The van der Waals surface area contributed by atoms with Crippen molar-refractivity contribution in [1.29, 1.82) is 0 Å². The fourth-order valence-electron chi connectivity index (χ4n) is 2.76. The van der Waals surface area contributed by atoms with E-state index in [1.165, 1.54) is 41.8 Å². The van der Waals surface area contributed by atoms with Crippen molar-refractivity contribution in [3.8, 4) is 0 Å². The third kappa shape index (κ3) is 43.1. The van der Waals surface area contributed by atoms with Gasteiger partial charge in [-0.2, -0.15) is 0 Å². The van der Waals surface area contributed by atoms with Gasteiger partial charge in [0.25, 0.3) is 0 Å². The maximum Gasteiger partial charge on any atom is 0.156 e. The van der Waals surface area contributed by atoms with Crippen LogP contribution in [-0.4, -0.2) is 162 Å². The normalized spacial score (nSPS) is 11.8. The molecule has 308 valence electrons. The third-order valence-corrected chi connectivity index (χ3v) is 14.1. The molecule has 20 heteroatoms. The van der Waals surface area contributed by atoms with E-state index in [4.69, 9.17) is 4.74 Å². The second-order valence-electron chi connectivity index (χ2n) is 11.0. The Morgan fingerprint density at radius 2 is 0.882 bits per heavy atom. The molecule has 1 aromatic carbocycles. The molecule has 0 unspecified atom stereocenters. The van der Waals surface area contributed by atoms with Crippen molar-refractivity contribution in [3.05, 3.63) is 35.9 Å². The molecule has 0 spiro atoms. The zero-order valence-corrected chi connectivity index (χ0v) is 36.1. The van der Waals surface area contributed by atoms with Gasteiger partial charge in [-0.25, -0.2) is 42.1 Å². The predicted octanol–water partition coefficient (Wildman–Crippen LogP) is 1.91. The maximum absolute atomic E-state index is 11.5. The minimum atomic E-state index is -3.02. The highest BCUT2D eigenvalue weighted by atomic mass is 32.2. The quantitative estimate of drug-likeness (QED) is 0.173. The van der Waals surface area contributed by atoms with Crippen molar-refractivity contribution < 1.29 is 65.8 Å². The Bertz CT molecular complexity index is 1490. The van der Waals surface area contributed by atoms with Crippen LogP contribution in [-0.2, 0) is 78.6 Å². The van der Waals surface area contributed by atoms with Gasteiger partial charge in [0.15, 0.2) is 39.3 Å². The number of benzene rings is 1. The molecule has 15 nitrogen and oxygen atoms in total. The lowest BCUT2D eigenvalue weighted by atomic mass is 10.2. The summed E-state index contributed by atoms with van der Waals surface area (Å²) in [5.74, 6) is 1.18. The van der Waals surface area contributed by atoms with Crippen LogP contribution in [0.1, 0.15) is 39.7 Å². The molecule has 0 N–H and O–H groups in total. The fraction of sp³-hybridized carbons (Fsp3) is 0.806. The van der Waals surface area contributed by atoms with Crippen LogP contribution in [0.15, 0.2) is 30.3 Å². The van der Waals surface area contributed by atoms with E-state index in [1.807, 2.05) is 37.3 Å². The van der Waals surface area contributed by atoms with Crippen LogP contribution in [0.25, 0.3) is 0 Å². The van der Waals surface area contributed by atoms with Crippen molar-refractivity contribution in [3.63, 3.8) is 0 Å². The van der Waals surface area contributed by atoms with Crippen molar-refractivity contribution in [2.24, 2.45) is 0 Å². The highest BCUT2D eigenvalue weighted by molar-refractivity contribution is 7.92. The first-order chi connectivity index (χ1) is 23.4. The smallest absolute Gasteiger partial charge is 0.156 e. The van der Waals surface area contributed by atoms with Gasteiger partial charge in [0.1, 0.15) is 9.84 Å². The molecular formula is C31H64O15S5. The zero-order chi connectivity index (χ0) is 40.6. The molecule has 1 rings (SSSR count). The molecular weight excluding hydrogens is 773 g/mol. The summed E-state index contributed by atoms with van der Waals surface area (Å²) in [6, 6.07) is 9.16. The van der Waals surface area contributed by atoms with E-state index >= 15 is 0 Å². The molecule has 0 atom stereocenters. The molecule has 0 fully saturated rings. The first-order valence-electron chi connectivity index (χ1n) is 15.9. The first kappa shape index (κ1) is 56.5. The second-order valence-corrected chi connectivity index (χ2v) is 22.9. The molecule has 0 aliphatic heterocycles. The number of ether oxygens (including phenoxy) is 5. The van der Waals surface area contributed by atoms with Crippen LogP contribution >= 0.6 is 0 Å².